The van der Waals surface area contributed by atoms with Crippen molar-refractivity contribution < 1.29 is 8.42 Å². The molecule has 0 aliphatic rings. The quantitative estimate of drug-likeness (QED) is 0.620. The normalized spacial score (nSPS) is 11.4. The average molecular weight is 391 g/mol. The van der Waals surface area contributed by atoms with Gasteiger partial charge in [0.2, 0.25) is 0 Å². The first-order valence-corrected chi connectivity index (χ1v) is 8.57. The summed E-state index contributed by atoms with van der Waals surface area (Å²) in [6, 6.07) is 6.17. The third-order valence-electron chi connectivity index (χ3n) is 2.88. The van der Waals surface area contributed by atoms with Gasteiger partial charge in [-0.15, -0.1) is 0 Å². The molecule has 0 unspecified atom stereocenters. The van der Waals surface area contributed by atoms with Gasteiger partial charge in [-0.05, 0) is 59.6 Å². The van der Waals surface area contributed by atoms with Gasteiger partial charge in [0.1, 0.15) is 4.60 Å². The lowest BCUT2D eigenvalue weighted by Crippen LogP contribution is -2.15. The van der Waals surface area contributed by atoms with E-state index < -0.39 is 10.0 Å². The van der Waals surface area contributed by atoms with Crippen molar-refractivity contribution in [3.8, 4) is 0 Å². The number of nitrogens with zero attached hydrogens (tertiary/aromatic N) is 1. The molecule has 0 bridgehead atoms. The molecule has 0 saturated heterocycles. The van der Waals surface area contributed by atoms with Crippen molar-refractivity contribution in [1.29, 1.82) is 0 Å². The molecule has 1 aromatic carbocycles. The van der Waals surface area contributed by atoms with Crippen LogP contribution in [0.5, 0.6) is 0 Å². The van der Waals surface area contributed by atoms with Crippen LogP contribution in [0.25, 0.3) is 0 Å². The molecular weight excluding hydrogens is 378 g/mol. The van der Waals surface area contributed by atoms with Crippen LogP contribution in [-0.2, 0) is 10.0 Å². The molecule has 0 radical (unpaired) electrons. The molecule has 0 aliphatic carbocycles. The Kier molecular flexibility index (Phi) is 4.46. The maximum atomic E-state index is 12.5. The highest BCUT2D eigenvalue weighted by atomic mass is 79.9. The minimum absolute atomic E-state index is 0.0896. The Bertz CT molecular complexity index is 809. The number of hydrogen-bond acceptors (Lipinski definition) is 4. The van der Waals surface area contributed by atoms with Gasteiger partial charge in [0.05, 0.1) is 27.0 Å². The van der Waals surface area contributed by atoms with Gasteiger partial charge >= 0.3 is 0 Å². The largest absolute Gasteiger partial charge is 0.397 e. The van der Waals surface area contributed by atoms with Crippen molar-refractivity contribution in [3.05, 3.63) is 45.1 Å². The summed E-state index contributed by atoms with van der Waals surface area (Å²) in [5.74, 6) is 0. The predicted molar refractivity (Wildman–Crippen MR) is 88.1 cm³/mol. The highest BCUT2D eigenvalue weighted by Crippen LogP contribution is 2.28. The summed E-state index contributed by atoms with van der Waals surface area (Å²) in [6.07, 6.45) is 0. The number of rotatable bonds is 3. The van der Waals surface area contributed by atoms with Crippen LogP contribution in [0.1, 0.15) is 11.3 Å². The van der Waals surface area contributed by atoms with E-state index in [1.54, 1.807) is 26.0 Å². The summed E-state index contributed by atoms with van der Waals surface area (Å²) in [4.78, 5) is 4.24. The Morgan fingerprint density at radius 3 is 2.57 bits per heavy atom. The van der Waals surface area contributed by atoms with E-state index in [9.17, 15) is 8.42 Å². The molecule has 0 spiro atoms. The molecule has 1 aromatic heterocycles. The zero-order chi connectivity index (χ0) is 15.8. The van der Waals surface area contributed by atoms with E-state index in [2.05, 4.69) is 25.6 Å². The Balaban J connectivity index is 2.46. The van der Waals surface area contributed by atoms with Crippen LogP contribution >= 0.6 is 27.5 Å². The van der Waals surface area contributed by atoms with Crippen LogP contribution in [0, 0.1) is 13.8 Å². The summed E-state index contributed by atoms with van der Waals surface area (Å²) in [5.41, 5.74) is 7.39. The van der Waals surface area contributed by atoms with Gasteiger partial charge in [0.25, 0.3) is 10.0 Å². The van der Waals surface area contributed by atoms with Gasteiger partial charge in [-0.2, -0.15) is 0 Å². The zero-order valence-electron chi connectivity index (χ0n) is 11.3. The van der Waals surface area contributed by atoms with Crippen molar-refractivity contribution in [2.45, 2.75) is 18.7 Å². The molecule has 0 atom stereocenters. The topological polar surface area (TPSA) is 85.1 Å². The lowest BCUT2D eigenvalue weighted by atomic mass is 10.2. The van der Waals surface area contributed by atoms with E-state index in [-0.39, 0.29) is 10.6 Å². The Morgan fingerprint density at radius 2 is 1.95 bits per heavy atom. The highest BCUT2D eigenvalue weighted by molar-refractivity contribution is 9.10. The van der Waals surface area contributed by atoms with Crippen molar-refractivity contribution in [3.63, 3.8) is 0 Å². The fourth-order valence-corrected chi connectivity index (χ4v) is 3.79. The van der Waals surface area contributed by atoms with E-state index in [1.807, 2.05) is 0 Å². The standard InChI is InChI=1S/C13H13BrClN3O2S/c1-7-5-9(15)10(16)6-12(7)21(19,20)18-11-3-4-13(14)17-8(11)2/h3-6,18H,16H2,1-2H3. The number of pyridine rings is 1. The van der Waals surface area contributed by atoms with Crippen LogP contribution in [0.15, 0.2) is 33.8 Å². The number of nitrogens with two attached hydrogens (primary N) is 1. The second kappa shape index (κ2) is 5.82. The van der Waals surface area contributed by atoms with Gasteiger partial charge in [-0.1, -0.05) is 11.6 Å². The lowest BCUT2D eigenvalue weighted by Gasteiger charge is -2.13. The van der Waals surface area contributed by atoms with E-state index in [1.165, 1.54) is 12.1 Å². The molecule has 0 aliphatic heterocycles. The summed E-state index contributed by atoms with van der Waals surface area (Å²) >= 11 is 9.11. The SMILES string of the molecule is Cc1cc(Cl)c(N)cc1S(=O)(=O)Nc1ccc(Br)nc1C. The molecule has 8 heteroatoms. The fraction of sp³-hybridized carbons (Fsp3) is 0.154. The molecule has 21 heavy (non-hydrogen) atoms. The maximum Gasteiger partial charge on any atom is 0.262 e. The third-order valence-corrected chi connectivity index (χ3v) is 5.16. The number of benzene rings is 1. The van der Waals surface area contributed by atoms with E-state index in [0.29, 0.717) is 26.6 Å². The van der Waals surface area contributed by atoms with Crippen LogP contribution in [0.4, 0.5) is 11.4 Å². The van der Waals surface area contributed by atoms with Crippen molar-refractivity contribution >= 4 is 48.9 Å². The molecular formula is C13H13BrClN3O2S. The van der Waals surface area contributed by atoms with Crippen LogP contribution in [-0.4, -0.2) is 13.4 Å². The van der Waals surface area contributed by atoms with E-state index >= 15 is 0 Å². The Morgan fingerprint density at radius 1 is 1.29 bits per heavy atom. The number of nitrogens with one attached hydrogen (secondary N) is 1. The number of sulfonamides is 1. The van der Waals surface area contributed by atoms with E-state index in [0.717, 1.165) is 0 Å². The minimum Gasteiger partial charge on any atom is -0.397 e. The average Bonchev–Trinajstić information content (AvgIpc) is 2.37. The van der Waals surface area contributed by atoms with Gasteiger partial charge < -0.3 is 5.73 Å². The smallest absolute Gasteiger partial charge is 0.262 e. The molecule has 3 N–H and O–H groups in total. The number of halogens is 2. The first-order chi connectivity index (χ1) is 9.70. The Labute approximate surface area is 136 Å². The molecule has 5 nitrogen and oxygen atoms in total. The van der Waals surface area contributed by atoms with Crippen molar-refractivity contribution in [2.75, 3.05) is 10.5 Å². The molecule has 112 valence electrons. The molecule has 1 heterocycles. The summed E-state index contributed by atoms with van der Waals surface area (Å²) in [7, 11) is -3.76. The molecule has 2 aromatic rings. The summed E-state index contributed by atoms with van der Waals surface area (Å²) in [5, 5.41) is 0.327. The van der Waals surface area contributed by atoms with E-state index in [4.69, 9.17) is 17.3 Å². The first kappa shape index (κ1) is 16.1. The summed E-state index contributed by atoms with van der Waals surface area (Å²) < 4.78 is 28.1. The number of aryl methyl sites for hydroxylation is 2. The lowest BCUT2D eigenvalue weighted by molar-refractivity contribution is 0.600. The molecule has 0 saturated carbocycles. The third kappa shape index (κ3) is 3.48. The number of aromatic nitrogens is 1. The second-order valence-electron chi connectivity index (χ2n) is 4.51. The van der Waals surface area contributed by atoms with Crippen LogP contribution in [0.2, 0.25) is 5.02 Å². The first-order valence-electron chi connectivity index (χ1n) is 5.92. The highest BCUT2D eigenvalue weighted by Gasteiger charge is 2.19. The van der Waals surface area contributed by atoms with Crippen LogP contribution in [0.3, 0.4) is 0 Å². The van der Waals surface area contributed by atoms with Gasteiger partial charge in [0, 0.05) is 0 Å². The van der Waals surface area contributed by atoms with Gasteiger partial charge in [-0.25, -0.2) is 13.4 Å². The molecule has 2 rings (SSSR count). The number of nitrogen functional groups attached to an aromatic ring is 1. The second-order valence-corrected chi connectivity index (χ2v) is 7.38. The Hall–Kier alpha value is -1.31. The minimum atomic E-state index is -3.76. The molecule has 0 amide bonds. The van der Waals surface area contributed by atoms with Gasteiger partial charge in [0.15, 0.2) is 0 Å². The number of anilines is 2. The molecule has 0 fully saturated rings. The number of hydrogen-bond donors (Lipinski definition) is 2. The predicted octanol–water partition coefficient (Wildman–Crippen LogP) is 3.50. The van der Waals surface area contributed by atoms with Crippen molar-refractivity contribution in [2.24, 2.45) is 0 Å². The summed E-state index contributed by atoms with van der Waals surface area (Å²) in [6.45, 7) is 3.37. The monoisotopic (exact) mass is 389 g/mol. The van der Waals surface area contributed by atoms with Gasteiger partial charge in [-0.3, -0.25) is 4.72 Å². The zero-order valence-corrected chi connectivity index (χ0v) is 14.5. The maximum absolute atomic E-state index is 12.5. The van der Waals surface area contributed by atoms with Crippen molar-refractivity contribution in [1.82, 2.24) is 4.98 Å². The fourth-order valence-electron chi connectivity index (χ4n) is 1.80. The van der Waals surface area contributed by atoms with Crippen LogP contribution < -0.4 is 10.5 Å².